The van der Waals surface area contributed by atoms with Crippen LogP contribution in [0, 0.1) is 5.92 Å². The van der Waals surface area contributed by atoms with Gasteiger partial charge >= 0.3 is 6.16 Å². The van der Waals surface area contributed by atoms with Crippen LogP contribution in [0.15, 0.2) is 12.7 Å². The molecule has 1 rings (SSSR count). The Hall–Kier alpha value is -0.990. The highest BCUT2D eigenvalue weighted by Gasteiger charge is 2.17. The standard InChI is InChI=1S/C6H8O3/c1-2-5-3-8-6(7)9-4-5/h2,5H,1,3-4H2. The molecule has 0 unspecified atom stereocenters. The van der Waals surface area contributed by atoms with Crippen LogP contribution in [0.5, 0.6) is 0 Å². The van der Waals surface area contributed by atoms with Crippen molar-refractivity contribution in [3.05, 3.63) is 12.7 Å². The van der Waals surface area contributed by atoms with E-state index in [1.165, 1.54) is 0 Å². The lowest BCUT2D eigenvalue weighted by Gasteiger charge is -2.17. The molecule has 0 amide bonds. The number of carbonyl (C=O) groups is 1. The molecular formula is C6H8O3. The molecular weight excluding hydrogens is 120 g/mol. The highest BCUT2D eigenvalue weighted by atomic mass is 16.7. The normalized spacial score (nSPS) is 20.2. The highest BCUT2D eigenvalue weighted by Crippen LogP contribution is 2.06. The summed E-state index contributed by atoms with van der Waals surface area (Å²) in [4.78, 5) is 10.2. The Balaban J connectivity index is 2.34. The minimum atomic E-state index is -0.576. The summed E-state index contributed by atoms with van der Waals surface area (Å²) < 4.78 is 9.10. The first kappa shape index (κ1) is 6.13. The third-order valence-electron chi connectivity index (χ3n) is 1.16. The third-order valence-corrected chi connectivity index (χ3v) is 1.16. The summed E-state index contributed by atoms with van der Waals surface area (Å²) in [6, 6.07) is 0. The maximum atomic E-state index is 10.2. The lowest BCUT2D eigenvalue weighted by atomic mass is 10.2. The lowest BCUT2D eigenvalue weighted by molar-refractivity contribution is -0.0000165. The maximum absolute atomic E-state index is 10.2. The molecule has 0 spiro atoms. The van der Waals surface area contributed by atoms with E-state index in [1.807, 2.05) is 0 Å². The molecule has 0 aromatic carbocycles. The fourth-order valence-electron chi connectivity index (χ4n) is 0.576. The first-order chi connectivity index (χ1) is 4.33. The zero-order valence-electron chi connectivity index (χ0n) is 5.00. The summed E-state index contributed by atoms with van der Waals surface area (Å²) in [5.74, 6) is 0.169. The van der Waals surface area contributed by atoms with E-state index in [2.05, 4.69) is 16.1 Å². The van der Waals surface area contributed by atoms with Crippen LogP contribution in [0.25, 0.3) is 0 Å². The second-order valence-electron chi connectivity index (χ2n) is 1.87. The lowest BCUT2D eigenvalue weighted by Crippen LogP contribution is -2.25. The van der Waals surface area contributed by atoms with E-state index in [-0.39, 0.29) is 5.92 Å². The van der Waals surface area contributed by atoms with Gasteiger partial charge in [-0.2, -0.15) is 0 Å². The molecule has 1 saturated heterocycles. The largest absolute Gasteiger partial charge is 0.508 e. The van der Waals surface area contributed by atoms with Crippen molar-refractivity contribution in [1.29, 1.82) is 0 Å². The number of cyclic esters (lactones) is 2. The second kappa shape index (κ2) is 2.53. The van der Waals surface area contributed by atoms with Crippen LogP contribution < -0.4 is 0 Å². The molecule has 0 aromatic rings. The quantitative estimate of drug-likeness (QED) is 0.389. The number of carbonyl (C=O) groups excluding carboxylic acids is 1. The van der Waals surface area contributed by atoms with Crippen molar-refractivity contribution in [2.24, 2.45) is 5.92 Å². The van der Waals surface area contributed by atoms with Gasteiger partial charge in [0.05, 0.1) is 0 Å². The summed E-state index contributed by atoms with van der Waals surface area (Å²) in [6.45, 7) is 4.35. The van der Waals surface area contributed by atoms with Gasteiger partial charge in [-0.05, 0) is 0 Å². The molecule has 0 radical (unpaired) electrons. The van der Waals surface area contributed by atoms with Gasteiger partial charge in [-0.15, -0.1) is 6.58 Å². The monoisotopic (exact) mass is 128 g/mol. The van der Waals surface area contributed by atoms with Gasteiger partial charge in [0.1, 0.15) is 13.2 Å². The first-order valence-electron chi connectivity index (χ1n) is 2.75. The summed E-state index contributed by atoms with van der Waals surface area (Å²) in [7, 11) is 0. The maximum Gasteiger partial charge on any atom is 0.508 e. The fourth-order valence-corrected chi connectivity index (χ4v) is 0.576. The van der Waals surface area contributed by atoms with Crippen molar-refractivity contribution in [3.63, 3.8) is 0 Å². The van der Waals surface area contributed by atoms with Crippen molar-refractivity contribution in [2.45, 2.75) is 0 Å². The molecule has 1 aliphatic heterocycles. The molecule has 0 atom stereocenters. The molecule has 3 heteroatoms. The Morgan fingerprint density at radius 3 is 2.56 bits per heavy atom. The Morgan fingerprint density at radius 2 is 2.11 bits per heavy atom. The molecule has 1 aliphatic rings. The number of hydrogen-bond donors (Lipinski definition) is 0. The van der Waals surface area contributed by atoms with E-state index in [0.717, 1.165) is 0 Å². The van der Waals surface area contributed by atoms with Crippen molar-refractivity contribution < 1.29 is 14.3 Å². The van der Waals surface area contributed by atoms with Crippen LogP contribution in [0.4, 0.5) is 4.79 Å². The van der Waals surface area contributed by atoms with Crippen LogP contribution in [0.1, 0.15) is 0 Å². The van der Waals surface area contributed by atoms with Crippen LogP contribution >= 0.6 is 0 Å². The van der Waals surface area contributed by atoms with E-state index in [4.69, 9.17) is 0 Å². The minimum absolute atomic E-state index is 0.169. The highest BCUT2D eigenvalue weighted by molar-refractivity contribution is 5.60. The van der Waals surface area contributed by atoms with Crippen LogP contribution in [-0.4, -0.2) is 19.4 Å². The Bertz CT molecular complexity index is 120. The molecule has 50 valence electrons. The van der Waals surface area contributed by atoms with E-state index in [1.54, 1.807) is 6.08 Å². The van der Waals surface area contributed by atoms with Crippen molar-refractivity contribution in [3.8, 4) is 0 Å². The molecule has 9 heavy (non-hydrogen) atoms. The Morgan fingerprint density at radius 1 is 1.56 bits per heavy atom. The molecule has 3 nitrogen and oxygen atoms in total. The van der Waals surface area contributed by atoms with Gasteiger partial charge in [0.25, 0.3) is 0 Å². The van der Waals surface area contributed by atoms with Crippen LogP contribution in [0.2, 0.25) is 0 Å². The Labute approximate surface area is 53.3 Å². The number of rotatable bonds is 1. The van der Waals surface area contributed by atoms with Gasteiger partial charge in [-0.25, -0.2) is 4.79 Å². The molecule has 0 aliphatic carbocycles. The zero-order valence-corrected chi connectivity index (χ0v) is 5.00. The van der Waals surface area contributed by atoms with Crippen LogP contribution in [-0.2, 0) is 9.47 Å². The van der Waals surface area contributed by atoms with E-state index in [9.17, 15) is 4.79 Å². The summed E-state index contributed by atoms with van der Waals surface area (Å²) in [5.41, 5.74) is 0. The smallest absolute Gasteiger partial charge is 0.434 e. The Kier molecular flexibility index (Phi) is 1.72. The van der Waals surface area contributed by atoms with E-state index in [0.29, 0.717) is 13.2 Å². The summed E-state index contributed by atoms with van der Waals surface area (Å²) in [6.07, 6.45) is 1.14. The summed E-state index contributed by atoms with van der Waals surface area (Å²) in [5, 5.41) is 0. The second-order valence-corrected chi connectivity index (χ2v) is 1.87. The van der Waals surface area contributed by atoms with Gasteiger partial charge in [-0.1, -0.05) is 6.08 Å². The predicted molar refractivity (Wildman–Crippen MR) is 31.0 cm³/mol. The third kappa shape index (κ3) is 1.45. The number of hydrogen-bond acceptors (Lipinski definition) is 3. The average Bonchev–Trinajstić information content (AvgIpc) is 1.90. The van der Waals surface area contributed by atoms with Gasteiger partial charge in [0, 0.05) is 5.92 Å². The van der Waals surface area contributed by atoms with Crippen molar-refractivity contribution in [2.75, 3.05) is 13.2 Å². The first-order valence-corrected chi connectivity index (χ1v) is 2.75. The topological polar surface area (TPSA) is 35.5 Å². The van der Waals surface area contributed by atoms with Gasteiger partial charge in [0.2, 0.25) is 0 Å². The molecule has 0 aromatic heterocycles. The molecule has 1 heterocycles. The zero-order chi connectivity index (χ0) is 6.69. The van der Waals surface area contributed by atoms with E-state index >= 15 is 0 Å². The predicted octanol–water partition coefficient (Wildman–Crippen LogP) is 0.955. The van der Waals surface area contributed by atoms with E-state index < -0.39 is 6.16 Å². The summed E-state index contributed by atoms with van der Waals surface area (Å²) >= 11 is 0. The number of ether oxygens (including phenoxy) is 2. The molecule has 0 N–H and O–H groups in total. The molecule has 0 bridgehead atoms. The van der Waals surface area contributed by atoms with Gasteiger partial charge in [0.15, 0.2) is 0 Å². The minimum Gasteiger partial charge on any atom is -0.434 e. The molecule has 0 saturated carbocycles. The fraction of sp³-hybridized carbons (Fsp3) is 0.500. The van der Waals surface area contributed by atoms with Gasteiger partial charge in [-0.3, -0.25) is 0 Å². The SMILES string of the molecule is C=CC1COC(=O)OC1. The van der Waals surface area contributed by atoms with Gasteiger partial charge < -0.3 is 9.47 Å². The van der Waals surface area contributed by atoms with Crippen LogP contribution in [0.3, 0.4) is 0 Å². The molecule has 1 fully saturated rings. The van der Waals surface area contributed by atoms with Crippen molar-refractivity contribution >= 4 is 6.16 Å². The van der Waals surface area contributed by atoms with Crippen molar-refractivity contribution in [1.82, 2.24) is 0 Å². The average molecular weight is 128 g/mol.